The van der Waals surface area contributed by atoms with Crippen molar-refractivity contribution < 1.29 is 0 Å². The van der Waals surface area contributed by atoms with Gasteiger partial charge in [-0.05, 0) is 17.7 Å². The van der Waals surface area contributed by atoms with Gasteiger partial charge in [-0.1, -0.05) is 35.5 Å². The molecule has 1 aromatic rings. The van der Waals surface area contributed by atoms with Gasteiger partial charge in [0.05, 0.1) is 11.6 Å². The van der Waals surface area contributed by atoms with Crippen molar-refractivity contribution in [1.82, 2.24) is 4.90 Å². The highest BCUT2D eigenvalue weighted by atomic mass is 35.5. The van der Waals surface area contributed by atoms with E-state index in [1.807, 2.05) is 24.3 Å². The van der Waals surface area contributed by atoms with E-state index in [-0.39, 0.29) is 6.04 Å². The summed E-state index contributed by atoms with van der Waals surface area (Å²) in [4.78, 5) is 6.43. The van der Waals surface area contributed by atoms with Gasteiger partial charge in [-0.25, -0.2) is 4.99 Å². The Balaban J connectivity index is 2.09. The molecule has 19 heavy (non-hydrogen) atoms. The Kier molecular flexibility index (Phi) is 3.13. The monoisotopic (exact) mass is 290 g/mol. The zero-order chi connectivity index (χ0) is 13.4. The molecular weight excluding hydrogens is 280 g/mol. The second kappa shape index (κ2) is 4.80. The Bertz CT molecular complexity index is 615. The number of nitrogens with two attached hydrogens (primary N) is 1. The summed E-state index contributed by atoms with van der Waals surface area (Å²) in [5.74, 6) is 1.29. The number of thioether (sulfide) groups is 1. The number of nitriles is 1. The third kappa shape index (κ3) is 2.07. The van der Waals surface area contributed by atoms with Crippen molar-refractivity contribution in [2.75, 3.05) is 12.3 Å². The lowest BCUT2D eigenvalue weighted by atomic mass is 9.97. The van der Waals surface area contributed by atoms with Gasteiger partial charge in [0.25, 0.3) is 0 Å². The van der Waals surface area contributed by atoms with Gasteiger partial charge in [-0.3, -0.25) is 0 Å². The van der Waals surface area contributed by atoms with Gasteiger partial charge in [0.1, 0.15) is 11.9 Å². The fraction of sp³-hybridized carbons (Fsp3) is 0.231. The molecular formula is C13H11ClN4S. The highest BCUT2D eigenvalue weighted by molar-refractivity contribution is 8.14. The van der Waals surface area contributed by atoms with Crippen LogP contribution >= 0.6 is 23.4 Å². The Labute approximate surface area is 120 Å². The summed E-state index contributed by atoms with van der Waals surface area (Å²) in [5, 5.41) is 10.9. The molecule has 6 heteroatoms. The summed E-state index contributed by atoms with van der Waals surface area (Å²) < 4.78 is 0. The van der Waals surface area contributed by atoms with Gasteiger partial charge in [-0.2, -0.15) is 5.26 Å². The van der Waals surface area contributed by atoms with Crippen LogP contribution in [0.2, 0.25) is 5.02 Å². The predicted octanol–water partition coefficient (Wildman–Crippen LogP) is 2.49. The van der Waals surface area contributed by atoms with E-state index in [2.05, 4.69) is 16.0 Å². The smallest absolute Gasteiger partial charge is 0.166 e. The lowest BCUT2D eigenvalue weighted by Gasteiger charge is -2.32. The number of hydrogen-bond donors (Lipinski definition) is 1. The lowest BCUT2D eigenvalue weighted by Crippen LogP contribution is -2.35. The number of aliphatic imine (C=N–C) groups is 1. The maximum absolute atomic E-state index is 9.35. The van der Waals surface area contributed by atoms with Gasteiger partial charge in [0.2, 0.25) is 0 Å². The molecule has 1 fully saturated rings. The van der Waals surface area contributed by atoms with Crippen LogP contribution in [0.25, 0.3) is 0 Å². The number of amidine groups is 1. The molecule has 0 radical (unpaired) electrons. The number of rotatable bonds is 1. The lowest BCUT2D eigenvalue weighted by molar-refractivity contribution is 0.383. The van der Waals surface area contributed by atoms with Crippen LogP contribution in [0.4, 0.5) is 0 Å². The number of nitrogens with zero attached hydrogens (tertiary/aromatic N) is 3. The van der Waals surface area contributed by atoms with E-state index < -0.39 is 0 Å². The summed E-state index contributed by atoms with van der Waals surface area (Å²) >= 11 is 7.59. The Morgan fingerprint density at radius 3 is 2.84 bits per heavy atom. The molecule has 1 unspecified atom stereocenters. The van der Waals surface area contributed by atoms with E-state index in [1.54, 1.807) is 11.8 Å². The Morgan fingerprint density at radius 1 is 1.42 bits per heavy atom. The fourth-order valence-electron chi connectivity index (χ4n) is 2.32. The highest BCUT2D eigenvalue weighted by Gasteiger charge is 2.35. The number of fused-ring (bicyclic) bond motifs is 1. The summed E-state index contributed by atoms with van der Waals surface area (Å²) in [6, 6.07) is 9.57. The average Bonchev–Trinajstić information content (AvgIpc) is 2.86. The van der Waals surface area contributed by atoms with Crippen molar-refractivity contribution >= 4 is 28.5 Å². The van der Waals surface area contributed by atoms with Crippen LogP contribution in [0.1, 0.15) is 11.6 Å². The minimum Gasteiger partial charge on any atom is -0.383 e. The Morgan fingerprint density at radius 2 is 2.16 bits per heavy atom. The second-order valence-electron chi connectivity index (χ2n) is 4.30. The third-order valence-electron chi connectivity index (χ3n) is 3.19. The molecule has 4 nitrogen and oxygen atoms in total. The maximum atomic E-state index is 9.35. The predicted molar refractivity (Wildman–Crippen MR) is 77.6 cm³/mol. The molecule has 0 bridgehead atoms. The quantitative estimate of drug-likeness (QED) is 0.863. The van der Waals surface area contributed by atoms with Crippen LogP contribution in [-0.2, 0) is 0 Å². The first kappa shape index (κ1) is 12.4. The van der Waals surface area contributed by atoms with Crippen molar-refractivity contribution in [3.05, 3.63) is 46.2 Å². The molecule has 2 aliphatic rings. The fourth-order valence-corrected chi connectivity index (χ4v) is 3.44. The molecule has 2 heterocycles. The standard InChI is InChI=1S/C13H11ClN4S/c14-9-3-1-8(2-4-9)11-10(7-15)12(16)17-13-18(11)5-6-19-13/h1-4,11H,5-6,16H2. The van der Waals surface area contributed by atoms with Crippen LogP contribution in [0, 0.1) is 11.3 Å². The minimum absolute atomic E-state index is 0.148. The number of halogens is 1. The van der Waals surface area contributed by atoms with Crippen molar-refractivity contribution in [3.63, 3.8) is 0 Å². The molecule has 0 saturated carbocycles. The first-order chi connectivity index (χ1) is 9.20. The molecule has 0 aliphatic carbocycles. The van der Waals surface area contributed by atoms with E-state index in [4.69, 9.17) is 17.3 Å². The molecule has 3 rings (SSSR count). The summed E-state index contributed by atoms with van der Waals surface area (Å²) in [6.07, 6.45) is 0. The van der Waals surface area contributed by atoms with Crippen LogP contribution in [0.5, 0.6) is 0 Å². The summed E-state index contributed by atoms with van der Waals surface area (Å²) in [7, 11) is 0. The van der Waals surface area contributed by atoms with E-state index in [0.29, 0.717) is 16.4 Å². The summed E-state index contributed by atoms with van der Waals surface area (Å²) in [5.41, 5.74) is 7.43. The minimum atomic E-state index is -0.148. The molecule has 2 aliphatic heterocycles. The number of benzene rings is 1. The van der Waals surface area contributed by atoms with Crippen LogP contribution in [-0.4, -0.2) is 22.4 Å². The maximum Gasteiger partial charge on any atom is 0.166 e. The molecule has 0 spiro atoms. The normalized spacial score (nSPS) is 22.0. The number of hydrogen-bond acceptors (Lipinski definition) is 5. The van der Waals surface area contributed by atoms with E-state index in [9.17, 15) is 5.26 Å². The molecule has 1 aromatic carbocycles. The zero-order valence-electron chi connectivity index (χ0n) is 10.0. The first-order valence-corrected chi connectivity index (χ1v) is 7.20. The molecule has 2 N–H and O–H groups in total. The van der Waals surface area contributed by atoms with Gasteiger partial charge in [0.15, 0.2) is 5.17 Å². The molecule has 0 aromatic heterocycles. The molecule has 0 amide bonds. The van der Waals surface area contributed by atoms with Crippen molar-refractivity contribution in [3.8, 4) is 6.07 Å². The van der Waals surface area contributed by atoms with E-state index in [0.717, 1.165) is 23.0 Å². The molecule has 1 atom stereocenters. The van der Waals surface area contributed by atoms with Gasteiger partial charge >= 0.3 is 0 Å². The molecule has 96 valence electrons. The highest BCUT2D eigenvalue weighted by Crippen LogP contribution is 2.38. The van der Waals surface area contributed by atoms with E-state index >= 15 is 0 Å². The largest absolute Gasteiger partial charge is 0.383 e. The topological polar surface area (TPSA) is 65.4 Å². The molecule has 1 saturated heterocycles. The first-order valence-electron chi connectivity index (χ1n) is 5.84. The van der Waals surface area contributed by atoms with Crippen molar-refractivity contribution in [2.24, 2.45) is 10.7 Å². The third-order valence-corrected chi connectivity index (χ3v) is 4.42. The SMILES string of the molecule is N#CC1=C(N)N=C2SCCN2C1c1ccc(Cl)cc1. The van der Waals surface area contributed by atoms with E-state index in [1.165, 1.54) is 0 Å². The second-order valence-corrected chi connectivity index (χ2v) is 5.80. The average molecular weight is 291 g/mol. The zero-order valence-corrected chi connectivity index (χ0v) is 11.6. The van der Waals surface area contributed by atoms with Gasteiger partial charge in [0, 0.05) is 17.3 Å². The van der Waals surface area contributed by atoms with Gasteiger partial charge in [-0.15, -0.1) is 0 Å². The van der Waals surface area contributed by atoms with Crippen LogP contribution in [0.3, 0.4) is 0 Å². The summed E-state index contributed by atoms with van der Waals surface area (Å²) in [6.45, 7) is 0.870. The van der Waals surface area contributed by atoms with Crippen molar-refractivity contribution in [1.29, 1.82) is 5.26 Å². The van der Waals surface area contributed by atoms with Crippen LogP contribution in [0.15, 0.2) is 40.7 Å². The van der Waals surface area contributed by atoms with Crippen LogP contribution < -0.4 is 5.73 Å². The van der Waals surface area contributed by atoms with Crippen molar-refractivity contribution in [2.45, 2.75) is 6.04 Å². The Hall–Kier alpha value is -1.64. The van der Waals surface area contributed by atoms with Gasteiger partial charge < -0.3 is 10.6 Å².